The van der Waals surface area contributed by atoms with Crippen molar-refractivity contribution in [2.45, 2.75) is 37.8 Å². The third-order valence-electron chi connectivity index (χ3n) is 2.11. The number of rotatable bonds is 2. The second-order valence-corrected chi connectivity index (χ2v) is 2.98. The molecule has 2 unspecified atom stereocenters. The van der Waals surface area contributed by atoms with E-state index in [1.165, 1.54) is 0 Å². The van der Waals surface area contributed by atoms with Gasteiger partial charge in [-0.05, 0) is 19.3 Å². The standard InChI is InChI=1S/C8H12N2O2/c11-9-7-5-3-1-2-4-6-8(7)10-12/h3,5,7-8H,1-2,4,6H2/b5-3+. The van der Waals surface area contributed by atoms with Crippen LogP contribution in [0.2, 0.25) is 0 Å². The fourth-order valence-corrected chi connectivity index (χ4v) is 1.37. The second kappa shape index (κ2) is 4.74. The van der Waals surface area contributed by atoms with Crippen LogP contribution in [-0.4, -0.2) is 12.1 Å². The van der Waals surface area contributed by atoms with Crippen LogP contribution >= 0.6 is 0 Å². The largest absolute Gasteiger partial charge is 0.150 e. The Balaban J connectivity index is 2.65. The Bertz CT molecular complexity index is 191. The normalized spacial score (nSPS) is 33.0. The van der Waals surface area contributed by atoms with Crippen molar-refractivity contribution in [3.63, 3.8) is 0 Å². The summed E-state index contributed by atoms with van der Waals surface area (Å²) in [6, 6.07) is -0.984. The van der Waals surface area contributed by atoms with Crippen molar-refractivity contribution >= 4 is 0 Å². The van der Waals surface area contributed by atoms with Crippen LogP contribution < -0.4 is 0 Å². The first-order valence-corrected chi connectivity index (χ1v) is 4.20. The fourth-order valence-electron chi connectivity index (χ4n) is 1.37. The lowest BCUT2D eigenvalue weighted by Gasteiger charge is -2.13. The Kier molecular flexibility index (Phi) is 3.57. The van der Waals surface area contributed by atoms with Gasteiger partial charge in [-0.2, -0.15) is 9.81 Å². The summed E-state index contributed by atoms with van der Waals surface area (Å²) < 4.78 is 0. The molecule has 0 fully saturated rings. The average molecular weight is 168 g/mol. The molecule has 0 aliphatic heterocycles. The SMILES string of the molecule is O=NC1/C=C/CCCCC1N=O. The number of allylic oxidation sites excluding steroid dienone is 1. The molecule has 4 heteroatoms. The molecule has 0 N–H and O–H groups in total. The summed E-state index contributed by atoms with van der Waals surface area (Å²) in [5.41, 5.74) is 0. The average Bonchev–Trinajstić information content (AvgIpc) is 2.05. The first-order valence-electron chi connectivity index (χ1n) is 4.20. The topological polar surface area (TPSA) is 58.9 Å². The molecule has 1 aliphatic carbocycles. The number of nitroso groups, excluding NO2 is 2. The fraction of sp³-hybridized carbons (Fsp3) is 0.750. The summed E-state index contributed by atoms with van der Waals surface area (Å²) in [6.45, 7) is 0. The van der Waals surface area contributed by atoms with Gasteiger partial charge < -0.3 is 0 Å². The summed E-state index contributed by atoms with van der Waals surface area (Å²) >= 11 is 0. The molecule has 0 bridgehead atoms. The second-order valence-electron chi connectivity index (χ2n) is 2.98. The van der Waals surface area contributed by atoms with E-state index in [0.717, 1.165) is 19.3 Å². The highest BCUT2D eigenvalue weighted by molar-refractivity contribution is 5.01. The molecular weight excluding hydrogens is 156 g/mol. The minimum atomic E-state index is -0.539. The molecule has 0 heterocycles. The summed E-state index contributed by atoms with van der Waals surface area (Å²) in [7, 11) is 0. The quantitative estimate of drug-likeness (QED) is 0.469. The van der Waals surface area contributed by atoms with E-state index < -0.39 is 12.1 Å². The predicted molar refractivity (Wildman–Crippen MR) is 46.8 cm³/mol. The highest BCUT2D eigenvalue weighted by Gasteiger charge is 2.21. The van der Waals surface area contributed by atoms with Crippen molar-refractivity contribution in [2.24, 2.45) is 10.4 Å². The van der Waals surface area contributed by atoms with Gasteiger partial charge in [0.05, 0.1) is 0 Å². The van der Waals surface area contributed by atoms with Crippen molar-refractivity contribution in [1.82, 2.24) is 0 Å². The molecule has 1 rings (SSSR count). The highest BCUT2D eigenvalue weighted by atomic mass is 16.3. The maximum atomic E-state index is 10.3. The van der Waals surface area contributed by atoms with Crippen LogP contribution in [0.5, 0.6) is 0 Å². The lowest BCUT2D eigenvalue weighted by Crippen LogP contribution is -2.20. The zero-order chi connectivity index (χ0) is 8.81. The number of hydrogen-bond donors (Lipinski definition) is 0. The Hall–Kier alpha value is -1.06. The van der Waals surface area contributed by atoms with E-state index in [0.29, 0.717) is 6.42 Å². The highest BCUT2D eigenvalue weighted by Crippen LogP contribution is 2.17. The minimum Gasteiger partial charge on any atom is -0.150 e. The maximum Gasteiger partial charge on any atom is 0.136 e. The van der Waals surface area contributed by atoms with Gasteiger partial charge in [-0.15, -0.1) is 0 Å². The van der Waals surface area contributed by atoms with Crippen LogP contribution in [-0.2, 0) is 0 Å². The molecule has 0 saturated heterocycles. The Morgan fingerprint density at radius 3 is 2.67 bits per heavy atom. The molecule has 0 radical (unpaired) electrons. The van der Waals surface area contributed by atoms with Crippen molar-refractivity contribution in [2.75, 3.05) is 0 Å². The Labute approximate surface area is 71.0 Å². The van der Waals surface area contributed by atoms with Gasteiger partial charge in [-0.3, -0.25) is 0 Å². The molecule has 0 saturated carbocycles. The van der Waals surface area contributed by atoms with Crippen molar-refractivity contribution in [3.05, 3.63) is 22.0 Å². The van der Waals surface area contributed by atoms with Gasteiger partial charge in [-0.25, -0.2) is 0 Å². The van der Waals surface area contributed by atoms with Gasteiger partial charge in [0.2, 0.25) is 0 Å². The first-order chi connectivity index (χ1) is 5.88. The van der Waals surface area contributed by atoms with Gasteiger partial charge in [0.15, 0.2) is 0 Å². The van der Waals surface area contributed by atoms with E-state index in [2.05, 4.69) is 10.4 Å². The molecule has 0 spiro atoms. The van der Waals surface area contributed by atoms with Crippen molar-refractivity contribution in [3.8, 4) is 0 Å². The van der Waals surface area contributed by atoms with Crippen molar-refractivity contribution < 1.29 is 0 Å². The zero-order valence-corrected chi connectivity index (χ0v) is 6.85. The van der Waals surface area contributed by atoms with Gasteiger partial charge in [0, 0.05) is 0 Å². The molecule has 0 amide bonds. The molecule has 66 valence electrons. The molecule has 12 heavy (non-hydrogen) atoms. The molecule has 0 aromatic carbocycles. The molecule has 0 aromatic rings. The van der Waals surface area contributed by atoms with E-state index in [4.69, 9.17) is 0 Å². The Morgan fingerprint density at radius 2 is 2.00 bits per heavy atom. The Morgan fingerprint density at radius 1 is 1.17 bits per heavy atom. The van der Waals surface area contributed by atoms with Crippen LogP contribution in [0.3, 0.4) is 0 Å². The molecule has 1 aliphatic rings. The summed E-state index contributed by atoms with van der Waals surface area (Å²) in [4.78, 5) is 20.6. The van der Waals surface area contributed by atoms with E-state index in [-0.39, 0.29) is 0 Å². The van der Waals surface area contributed by atoms with E-state index in [1.54, 1.807) is 6.08 Å². The van der Waals surface area contributed by atoms with Gasteiger partial charge in [0.25, 0.3) is 0 Å². The first kappa shape index (κ1) is 9.03. The lowest BCUT2D eigenvalue weighted by atomic mass is 9.98. The smallest absolute Gasteiger partial charge is 0.136 e. The van der Waals surface area contributed by atoms with E-state index in [9.17, 15) is 9.81 Å². The number of nitrogens with zero attached hydrogens (tertiary/aromatic N) is 2. The molecule has 2 atom stereocenters. The molecule has 4 nitrogen and oxygen atoms in total. The van der Waals surface area contributed by atoms with Crippen LogP contribution in [0, 0.1) is 9.81 Å². The van der Waals surface area contributed by atoms with Gasteiger partial charge in [0.1, 0.15) is 12.1 Å². The summed E-state index contributed by atoms with van der Waals surface area (Å²) in [5.74, 6) is 0. The summed E-state index contributed by atoms with van der Waals surface area (Å²) in [6.07, 6.45) is 7.27. The van der Waals surface area contributed by atoms with Gasteiger partial charge in [-0.1, -0.05) is 28.9 Å². The van der Waals surface area contributed by atoms with Crippen LogP contribution in [0.1, 0.15) is 25.7 Å². The van der Waals surface area contributed by atoms with E-state index >= 15 is 0 Å². The minimum absolute atomic E-state index is 0.445. The van der Waals surface area contributed by atoms with E-state index in [1.807, 2.05) is 6.08 Å². The number of hydrogen-bond acceptors (Lipinski definition) is 4. The predicted octanol–water partition coefficient (Wildman–Crippen LogP) is 2.39. The monoisotopic (exact) mass is 168 g/mol. The van der Waals surface area contributed by atoms with Crippen LogP contribution in [0.4, 0.5) is 0 Å². The molecular formula is C8H12N2O2. The van der Waals surface area contributed by atoms with Gasteiger partial charge >= 0.3 is 0 Å². The van der Waals surface area contributed by atoms with Crippen LogP contribution in [0.25, 0.3) is 0 Å². The maximum absolute atomic E-state index is 10.3. The third kappa shape index (κ3) is 2.22. The van der Waals surface area contributed by atoms with Crippen LogP contribution in [0.15, 0.2) is 22.5 Å². The summed E-state index contributed by atoms with van der Waals surface area (Å²) in [5, 5.41) is 5.78. The molecule has 0 aromatic heterocycles. The third-order valence-corrected chi connectivity index (χ3v) is 2.11. The van der Waals surface area contributed by atoms with Crippen molar-refractivity contribution in [1.29, 1.82) is 0 Å². The lowest BCUT2D eigenvalue weighted by molar-refractivity contribution is 0.512. The zero-order valence-electron chi connectivity index (χ0n) is 6.85.